The number of nitrogens with zero attached hydrogens (tertiary/aromatic N) is 3. The molecule has 0 saturated carbocycles. The molecule has 0 saturated heterocycles. The SMILES string of the molecule is Cc1cccn2c(=O)c(C(=O)O)cc(-n3ccnc3)c12.Cl. The Bertz CT molecular complexity index is 869. The van der Waals surface area contributed by atoms with Gasteiger partial charge in [0.25, 0.3) is 5.56 Å². The molecule has 7 heteroatoms. The Kier molecular flexibility index (Phi) is 3.82. The molecule has 0 radical (unpaired) electrons. The molecule has 3 rings (SSSR count). The van der Waals surface area contributed by atoms with Gasteiger partial charge < -0.3 is 9.67 Å². The zero-order valence-corrected chi connectivity index (χ0v) is 11.9. The molecule has 21 heavy (non-hydrogen) atoms. The number of aryl methyl sites for hydroxylation is 1. The summed E-state index contributed by atoms with van der Waals surface area (Å²) in [5, 5.41) is 9.18. The van der Waals surface area contributed by atoms with Crippen LogP contribution in [0.3, 0.4) is 0 Å². The number of hydrogen-bond donors (Lipinski definition) is 1. The van der Waals surface area contributed by atoms with Crippen molar-refractivity contribution in [3.8, 4) is 5.69 Å². The molecule has 3 aromatic heterocycles. The molecule has 0 atom stereocenters. The van der Waals surface area contributed by atoms with Crippen LogP contribution in [0, 0.1) is 6.92 Å². The summed E-state index contributed by atoms with van der Waals surface area (Å²) in [5.41, 5.74) is 1.35. The van der Waals surface area contributed by atoms with E-state index in [0.29, 0.717) is 11.2 Å². The predicted octanol–water partition coefficient (Wildman–Crippen LogP) is 1.91. The maximum Gasteiger partial charge on any atom is 0.341 e. The second kappa shape index (κ2) is 5.41. The van der Waals surface area contributed by atoms with Crippen molar-refractivity contribution < 1.29 is 9.90 Å². The highest BCUT2D eigenvalue weighted by atomic mass is 35.5. The molecule has 0 spiro atoms. The first-order chi connectivity index (χ1) is 9.59. The van der Waals surface area contributed by atoms with Crippen molar-refractivity contribution in [3.05, 3.63) is 64.6 Å². The summed E-state index contributed by atoms with van der Waals surface area (Å²) in [6.45, 7) is 1.87. The Balaban J connectivity index is 0.00000161. The van der Waals surface area contributed by atoms with Crippen molar-refractivity contribution in [1.82, 2.24) is 14.0 Å². The van der Waals surface area contributed by atoms with Gasteiger partial charge in [0.05, 0.1) is 17.5 Å². The third-order valence-electron chi connectivity index (χ3n) is 3.18. The van der Waals surface area contributed by atoms with Gasteiger partial charge in [0.15, 0.2) is 0 Å². The van der Waals surface area contributed by atoms with Crippen molar-refractivity contribution in [2.75, 3.05) is 0 Å². The van der Waals surface area contributed by atoms with E-state index in [0.717, 1.165) is 5.56 Å². The molecule has 1 N–H and O–H groups in total. The average molecular weight is 306 g/mol. The van der Waals surface area contributed by atoms with E-state index < -0.39 is 11.5 Å². The van der Waals surface area contributed by atoms with Crippen LogP contribution in [0.5, 0.6) is 0 Å². The molecule has 0 aromatic carbocycles. The number of carboxylic acids is 1. The van der Waals surface area contributed by atoms with Gasteiger partial charge in [0.1, 0.15) is 5.56 Å². The molecule has 108 valence electrons. The number of carboxylic acid groups (broad SMARTS) is 1. The van der Waals surface area contributed by atoms with Gasteiger partial charge in [-0.1, -0.05) is 6.07 Å². The van der Waals surface area contributed by atoms with Gasteiger partial charge in [0, 0.05) is 18.6 Å². The molecule has 0 aliphatic heterocycles. The highest BCUT2D eigenvalue weighted by Gasteiger charge is 2.16. The number of aromatic carboxylic acids is 1. The zero-order chi connectivity index (χ0) is 14.3. The smallest absolute Gasteiger partial charge is 0.341 e. The first-order valence-electron chi connectivity index (χ1n) is 5.96. The lowest BCUT2D eigenvalue weighted by Crippen LogP contribution is -2.23. The first-order valence-corrected chi connectivity index (χ1v) is 5.96. The monoisotopic (exact) mass is 305 g/mol. The minimum absolute atomic E-state index is 0. The second-order valence-electron chi connectivity index (χ2n) is 4.43. The summed E-state index contributed by atoms with van der Waals surface area (Å²) in [5.74, 6) is -1.24. The number of carbonyl (C=O) groups is 1. The third-order valence-corrected chi connectivity index (χ3v) is 3.18. The molecule has 0 bridgehead atoms. The van der Waals surface area contributed by atoms with Crippen LogP contribution >= 0.6 is 12.4 Å². The summed E-state index contributed by atoms with van der Waals surface area (Å²) in [7, 11) is 0. The van der Waals surface area contributed by atoms with Gasteiger partial charge in [0.2, 0.25) is 0 Å². The van der Waals surface area contributed by atoms with Crippen LogP contribution in [0.1, 0.15) is 15.9 Å². The van der Waals surface area contributed by atoms with E-state index >= 15 is 0 Å². The summed E-state index contributed by atoms with van der Waals surface area (Å²) >= 11 is 0. The fourth-order valence-corrected chi connectivity index (χ4v) is 2.26. The van der Waals surface area contributed by atoms with E-state index in [1.165, 1.54) is 10.5 Å². The number of halogens is 1. The number of fused-ring (bicyclic) bond motifs is 1. The van der Waals surface area contributed by atoms with Crippen molar-refractivity contribution >= 4 is 23.9 Å². The van der Waals surface area contributed by atoms with Crippen LogP contribution in [0.25, 0.3) is 11.2 Å². The van der Waals surface area contributed by atoms with E-state index in [4.69, 9.17) is 0 Å². The van der Waals surface area contributed by atoms with Crippen LogP contribution in [-0.2, 0) is 0 Å². The maximum absolute atomic E-state index is 12.2. The Labute approximate surface area is 125 Å². The number of aromatic nitrogens is 3. The van der Waals surface area contributed by atoms with E-state index in [-0.39, 0.29) is 18.0 Å². The van der Waals surface area contributed by atoms with E-state index in [9.17, 15) is 14.7 Å². The van der Waals surface area contributed by atoms with E-state index in [1.807, 2.05) is 13.0 Å². The number of rotatable bonds is 2. The van der Waals surface area contributed by atoms with Gasteiger partial charge in [-0.15, -0.1) is 12.4 Å². The molecule has 3 heterocycles. The van der Waals surface area contributed by atoms with E-state index in [1.54, 1.807) is 35.6 Å². The number of hydrogen-bond acceptors (Lipinski definition) is 3. The molecule has 0 aliphatic rings. The average Bonchev–Trinajstić information content (AvgIpc) is 2.93. The Morgan fingerprint density at radius 2 is 2.10 bits per heavy atom. The van der Waals surface area contributed by atoms with Gasteiger partial charge in [-0.05, 0) is 24.6 Å². The van der Waals surface area contributed by atoms with E-state index in [2.05, 4.69) is 4.98 Å². The van der Waals surface area contributed by atoms with Crippen molar-refractivity contribution in [3.63, 3.8) is 0 Å². The van der Waals surface area contributed by atoms with Gasteiger partial charge in [-0.25, -0.2) is 9.78 Å². The van der Waals surface area contributed by atoms with Gasteiger partial charge >= 0.3 is 5.97 Å². The second-order valence-corrected chi connectivity index (χ2v) is 4.43. The molecular formula is C14H12ClN3O3. The summed E-state index contributed by atoms with van der Waals surface area (Å²) in [6.07, 6.45) is 6.44. The minimum Gasteiger partial charge on any atom is -0.477 e. The van der Waals surface area contributed by atoms with Crippen LogP contribution in [0.2, 0.25) is 0 Å². The van der Waals surface area contributed by atoms with Crippen LogP contribution in [0.4, 0.5) is 0 Å². The van der Waals surface area contributed by atoms with Crippen molar-refractivity contribution in [2.24, 2.45) is 0 Å². The molecular weight excluding hydrogens is 294 g/mol. The molecule has 0 fully saturated rings. The normalized spacial score (nSPS) is 10.3. The van der Waals surface area contributed by atoms with Crippen molar-refractivity contribution in [1.29, 1.82) is 0 Å². The molecule has 3 aromatic rings. The third kappa shape index (κ3) is 2.30. The van der Waals surface area contributed by atoms with Gasteiger partial charge in [-0.2, -0.15) is 0 Å². The number of pyridine rings is 2. The lowest BCUT2D eigenvalue weighted by Gasteiger charge is -2.12. The highest BCUT2D eigenvalue weighted by Crippen LogP contribution is 2.19. The summed E-state index contributed by atoms with van der Waals surface area (Å²) < 4.78 is 3.04. The Morgan fingerprint density at radius 1 is 1.33 bits per heavy atom. The minimum atomic E-state index is -1.24. The first kappa shape index (κ1) is 14.8. The quantitative estimate of drug-likeness (QED) is 0.784. The lowest BCUT2D eigenvalue weighted by atomic mass is 10.1. The van der Waals surface area contributed by atoms with Crippen LogP contribution in [0.15, 0.2) is 47.9 Å². The molecule has 0 amide bonds. The molecule has 6 nitrogen and oxygen atoms in total. The lowest BCUT2D eigenvalue weighted by molar-refractivity contribution is 0.0694. The fourth-order valence-electron chi connectivity index (χ4n) is 2.26. The highest BCUT2D eigenvalue weighted by molar-refractivity contribution is 5.89. The largest absolute Gasteiger partial charge is 0.477 e. The predicted molar refractivity (Wildman–Crippen MR) is 79.7 cm³/mol. The van der Waals surface area contributed by atoms with Crippen LogP contribution in [-0.4, -0.2) is 25.0 Å². The molecule has 0 unspecified atom stereocenters. The van der Waals surface area contributed by atoms with Gasteiger partial charge in [-0.3, -0.25) is 9.20 Å². The zero-order valence-electron chi connectivity index (χ0n) is 11.1. The fraction of sp³-hybridized carbons (Fsp3) is 0.0714. The standard InChI is InChI=1S/C14H11N3O3.ClH/c1-9-3-2-5-17-12(9)11(16-6-4-15-8-16)7-10(13(17)18)14(19)20;/h2-8H,1H3,(H,19,20);1H. The van der Waals surface area contributed by atoms with Crippen LogP contribution < -0.4 is 5.56 Å². The molecule has 0 aliphatic carbocycles. The Morgan fingerprint density at radius 3 is 2.71 bits per heavy atom. The topological polar surface area (TPSA) is 76.6 Å². The maximum atomic E-state index is 12.2. The summed E-state index contributed by atoms with van der Waals surface area (Å²) in [4.78, 5) is 27.4. The Hall–Kier alpha value is -2.60. The number of imidazole rings is 1. The summed E-state index contributed by atoms with van der Waals surface area (Å²) in [6, 6.07) is 4.97. The van der Waals surface area contributed by atoms with Crippen molar-refractivity contribution in [2.45, 2.75) is 6.92 Å².